The van der Waals surface area contributed by atoms with Crippen LogP contribution in [0.1, 0.15) is 25.5 Å². The molecule has 0 bridgehead atoms. The second-order valence-electron chi connectivity index (χ2n) is 3.96. The highest BCUT2D eigenvalue weighted by Gasteiger charge is 2.14. The minimum absolute atomic E-state index is 0.237. The molecule has 0 aliphatic rings. The van der Waals surface area contributed by atoms with Gasteiger partial charge in [-0.1, -0.05) is 13.8 Å². The summed E-state index contributed by atoms with van der Waals surface area (Å²) in [5.74, 6) is 0.135. The lowest BCUT2D eigenvalue weighted by molar-refractivity contribution is 0.628. The predicted octanol–water partition coefficient (Wildman–Crippen LogP) is 4.10. The van der Waals surface area contributed by atoms with Crippen molar-refractivity contribution in [2.75, 3.05) is 0 Å². The number of aromatic amines is 1. The smallest absolute Gasteiger partial charge is 0.123 e. The van der Waals surface area contributed by atoms with Gasteiger partial charge in [-0.15, -0.1) is 0 Å². The largest absolute Gasteiger partial charge is 0.281 e. The molecule has 2 aromatic rings. The molecule has 0 saturated carbocycles. The highest BCUT2D eigenvalue weighted by molar-refractivity contribution is 9.10. The van der Waals surface area contributed by atoms with Crippen molar-refractivity contribution in [3.63, 3.8) is 0 Å². The number of halogens is 2. The molecule has 0 atom stereocenters. The first-order chi connectivity index (χ1) is 7.59. The molecule has 84 valence electrons. The van der Waals surface area contributed by atoms with Crippen molar-refractivity contribution in [2.45, 2.75) is 19.8 Å². The number of benzene rings is 1. The van der Waals surface area contributed by atoms with Crippen LogP contribution in [0.5, 0.6) is 0 Å². The van der Waals surface area contributed by atoms with Gasteiger partial charge >= 0.3 is 0 Å². The van der Waals surface area contributed by atoms with Crippen LogP contribution in [0, 0.1) is 5.82 Å². The summed E-state index contributed by atoms with van der Waals surface area (Å²) in [5.41, 5.74) is 2.78. The monoisotopic (exact) mass is 282 g/mol. The molecule has 4 heteroatoms. The van der Waals surface area contributed by atoms with Crippen LogP contribution < -0.4 is 0 Å². The average Bonchev–Trinajstić information content (AvgIpc) is 2.61. The van der Waals surface area contributed by atoms with E-state index in [0.29, 0.717) is 5.92 Å². The van der Waals surface area contributed by atoms with Crippen LogP contribution in [0.2, 0.25) is 0 Å². The van der Waals surface area contributed by atoms with E-state index in [1.165, 1.54) is 12.1 Å². The minimum atomic E-state index is -0.237. The molecule has 1 N–H and O–H groups in total. The van der Waals surface area contributed by atoms with E-state index in [-0.39, 0.29) is 5.82 Å². The third-order valence-corrected chi connectivity index (χ3v) is 3.23. The summed E-state index contributed by atoms with van der Waals surface area (Å²) in [6.45, 7) is 4.18. The summed E-state index contributed by atoms with van der Waals surface area (Å²) in [5, 5.41) is 7.24. The maximum Gasteiger partial charge on any atom is 0.123 e. The Bertz CT molecular complexity index is 488. The molecule has 2 rings (SSSR count). The zero-order valence-electron chi connectivity index (χ0n) is 9.09. The summed E-state index contributed by atoms with van der Waals surface area (Å²) in [6.07, 6.45) is 0. The number of hydrogen-bond donors (Lipinski definition) is 1. The molecule has 0 amide bonds. The molecular formula is C12H12BrFN2. The van der Waals surface area contributed by atoms with Gasteiger partial charge < -0.3 is 0 Å². The molecule has 0 aliphatic heterocycles. The summed E-state index contributed by atoms with van der Waals surface area (Å²) < 4.78 is 13.7. The van der Waals surface area contributed by atoms with Crippen molar-refractivity contribution in [1.82, 2.24) is 10.2 Å². The second-order valence-corrected chi connectivity index (χ2v) is 4.75. The van der Waals surface area contributed by atoms with Crippen LogP contribution in [-0.4, -0.2) is 10.2 Å². The number of aromatic nitrogens is 2. The van der Waals surface area contributed by atoms with Gasteiger partial charge in [0.25, 0.3) is 0 Å². The second kappa shape index (κ2) is 4.37. The van der Waals surface area contributed by atoms with E-state index in [9.17, 15) is 4.39 Å². The van der Waals surface area contributed by atoms with Gasteiger partial charge in [-0.25, -0.2) is 4.39 Å². The lowest BCUT2D eigenvalue weighted by Crippen LogP contribution is -1.87. The molecule has 0 aliphatic carbocycles. The summed E-state index contributed by atoms with van der Waals surface area (Å²) in [6, 6.07) is 6.32. The van der Waals surface area contributed by atoms with Gasteiger partial charge in [-0.05, 0) is 46.1 Å². The zero-order chi connectivity index (χ0) is 11.7. The molecule has 1 aromatic carbocycles. The molecule has 0 spiro atoms. The van der Waals surface area contributed by atoms with Gasteiger partial charge in [0.1, 0.15) is 11.5 Å². The highest BCUT2D eigenvalue weighted by Crippen LogP contribution is 2.32. The number of hydrogen-bond acceptors (Lipinski definition) is 1. The van der Waals surface area contributed by atoms with Gasteiger partial charge in [-0.2, -0.15) is 5.10 Å². The molecule has 0 saturated heterocycles. The van der Waals surface area contributed by atoms with Gasteiger partial charge in [0.15, 0.2) is 0 Å². The third kappa shape index (κ3) is 2.02. The van der Waals surface area contributed by atoms with Crippen LogP contribution >= 0.6 is 15.9 Å². The molecule has 16 heavy (non-hydrogen) atoms. The minimum Gasteiger partial charge on any atom is -0.281 e. The van der Waals surface area contributed by atoms with Crippen molar-refractivity contribution in [3.8, 4) is 11.3 Å². The fourth-order valence-corrected chi connectivity index (χ4v) is 2.39. The Kier molecular flexibility index (Phi) is 3.10. The first kappa shape index (κ1) is 11.3. The average molecular weight is 283 g/mol. The molecule has 0 fully saturated rings. The lowest BCUT2D eigenvalue weighted by Gasteiger charge is -2.01. The van der Waals surface area contributed by atoms with Crippen molar-refractivity contribution in [1.29, 1.82) is 0 Å². The number of nitrogens with zero attached hydrogens (tertiary/aromatic N) is 1. The Morgan fingerprint density at radius 1 is 1.25 bits per heavy atom. The molecule has 0 radical (unpaired) electrons. The molecular weight excluding hydrogens is 271 g/mol. The summed E-state index contributed by atoms with van der Waals surface area (Å²) >= 11 is 3.52. The van der Waals surface area contributed by atoms with Crippen LogP contribution in [0.3, 0.4) is 0 Å². The van der Waals surface area contributed by atoms with Crippen molar-refractivity contribution in [2.24, 2.45) is 0 Å². The Labute approximate surface area is 102 Å². The maximum atomic E-state index is 12.8. The van der Waals surface area contributed by atoms with Crippen molar-refractivity contribution >= 4 is 15.9 Å². The topological polar surface area (TPSA) is 28.7 Å². The van der Waals surface area contributed by atoms with Crippen LogP contribution in [-0.2, 0) is 0 Å². The van der Waals surface area contributed by atoms with Gasteiger partial charge in [-0.3, -0.25) is 5.10 Å². The van der Waals surface area contributed by atoms with Gasteiger partial charge in [0, 0.05) is 5.56 Å². The van der Waals surface area contributed by atoms with E-state index in [4.69, 9.17) is 0 Å². The van der Waals surface area contributed by atoms with Crippen LogP contribution in [0.15, 0.2) is 28.7 Å². The van der Waals surface area contributed by atoms with Crippen molar-refractivity contribution < 1.29 is 4.39 Å². The van der Waals surface area contributed by atoms with E-state index < -0.39 is 0 Å². The normalized spacial score (nSPS) is 11.1. The molecule has 1 heterocycles. The van der Waals surface area contributed by atoms with E-state index in [0.717, 1.165) is 21.4 Å². The number of nitrogens with one attached hydrogen (secondary N) is 1. The quantitative estimate of drug-likeness (QED) is 0.883. The summed E-state index contributed by atoms with van der Waals surface area (Å²) in [7, 11) is 0. The molecule has 2 nitrogen and oxygen atoms in total. The molecule has 1 aromatic heterocycles. The Morgan fingerprint density at radius 2 is 1.88 bits per heavy atom. The Hall–Kier alpha value is -1.16. The van der Waals surface area contributed by atoms with Crippen LogP contribution in [0.4, 0.5) is 4.39 Å². The van der Waals surface area contributed by atoms with Gasteiger partial charge in [0.05, 0.1) is 10.2 Å². The first-order valence-corrected chi connectivity index (χ1v) is 5.88. The fraction of sp³-hybridized carbons (Fsp3) is 0.250. The maximum absolute atomic E-state index is 12.8. The van der Waals surface area contributed by atoms with Gasteiger partial charge in [0.2, 0.25) is 0 Å². The lowest BCUT2D eigenvalue weighted by atomic mass is 10.1. The molecule has 0 unspecified atom stereocenters. The third-order valence-electron chi connectivity index (χ3n) is 2.43. The van der Waals surface area contributed by atoms with E-state index in [1.807, 2.05) is 0 Å². The Balaban J connectivity index is 2.45. The van der Waals surface area contributed by atoms with Crippen LogP contribution in [0.25, 0.3) is 11.3 Å². The van der Waals surface area contributed by atoms with E-state index in [1.54, 1.807) is 12.1 Å². The highest BCUT2D eigenvalue weighted by atomic mass is 79.9. The predicted molar refractivity (Wildman–Crippen MR) is 65.8 cm³/mol. The van der Waals surface area contributed by atoms with Crippen molar-refractivity contribution in [3.05, 3.63) is 40.2 Å². The fourth-order valence-electron chi connectivity index (χ4n) is 1.52. The first-order valence-electron chi connectivity index (χ1n) is 5.09. The summed E-state index contributed by atoms with van der Waals surface area (Å²) in [4.78, 5) is 0. The van der Waals surface area contributed by atoms with E-state index in [2.05, 4.69) is 40.0 Å². The zero-order valence-corrected chi connectivity index (χ0v) is 10.7. The van der Waals surface area contributed by atoms with E-state index >= 15 is 0 Å². The SMILES string of the molecule is CC(C)c1[nH]nc(-c2ccc(F)cc2)c1Br. The number of H-pyrrole nitrogens is 1. The Morgan fingerprint density at radius 3 is 2.38 bits per heavy atom. The number of rotatable bonds is 2. The standard InChI is InChI=1S/C12H12BrFN2/c1-7(2)11-10(13)12(16-15-11)8-3-5-9(14)6-4-8/h3-7H,1-2H3,(H,15,16).